The number of carbonyl (C=O) groups is 4. The third kappa shape index (κ3) is 4.05. The van der Waals surface area contributed by atoms with Gasteiger partial charge in [0, 0.05) is 12.5 Å². The number of alkyl halides is 2. The van der Waals surface area contributed by atoms with E-state index in [4.69, 9.17) is 33.0 Å². The summed E-state index contributed by atoms with van der Waals surface area (Å²) in [5, 5.41) is 9.08. The van der Waals surface area contributed by atoms with Crippen LogP contribution in [0.25, 0.3) is 0 Å². The lowest BCUT2D eigenvalue weighted by Crippen LogP contribution is -2.60. The summed E-state index contributed by atoms with van der Waals surface area (Å²) in [5.74, 6) is -20.1. The smallest absolute Gasteiger partial charge is 0.258 e. The van der Waals surface area contributed by atoms with Gasteiger partial charge in [0.2, 0.25) is 17.6 Å². The van der Waals surface area contributed by atoms with Crippen molar-refractivity contribution in [2.75, 3.05) is 24.7 Å². The van der Waals surface area contributed by atoms with Gasteiger partial charge in [-0.15, -0.1) is 23.2 Å². The Morgan fingerprint density at radius 2 is 1.49 bits per heavy atom. The van der Waals surface area contributed by atoms with Crippen LogP contribution in [0.3, 0.4) is 0 Å². The molecule has 1 N–H and O–H groups in total. The first-order chi connectivity index (χ1) is 21.3. The minimum atomic E-state index is -2.59. The fraction of sp³-hybridized carbons (Fsp3) is 0.400. The van der Waals surface area contributed by atoms with Crippen LogP contribution in [-0.2, 0) is 19.2 Å². The lowest BCUT2D eigenvalue weighted by atomic mass is 9.56. The van der Waals surface area contributed by atoms with Crippen LogP contribution in [0.15, 0.2) is 35.9 Å². The number of aliphatic hydroxyl groups excluding tert-OH is 1. The Kier molecular flexibility index (Phi) is 7.52. The molecule has 0 radical (unpaired) electrons. The van der Waals surface area contributed by atoms with E-state index in [-0.39, 0.29) is 36.6 Å². The maximum atomic E-state index is 15.1. The highest BCUT2D eigenvalue weighted by Crippen LogP contribution is 2.66. The lowest BCUT2D eigenvalue weighted by molar-refractivity contribution is -0.140. The monoisotopic (exact) mass is 672 g/mol. The number of aliphatic hydroxyl groups is 1. The molecule has 6 unspecified atom stereocenters. The van der Waals surface area contributed by atoms with Gasteiger partial charge in [-0.3, -0.25) is 24.1 Å². The normalized spacial score (nSPS) is 30.8. The van der Waals surface area contributed by atoms with Crippen LogP contribution in [0.5, 0.6) is 5.75 Å². The molecule has 2 saturated heterocycles. The zero-order valence-electron chi connectivity index (χ0n) is 23.3. The molecule has 6 atom stereocenters. The summed E-state index contributed by atoms with van der Waals surface area (Å²) >= 11 is 14.1. The van der Waals surface area contributed by atoms with Crippen molar-refractivity contribution in [2.45, 2.75) is 35.4 Å². The molecule has 0 bridgehead atoms. The maximum absolute atomic E-state index is 15.1. The summed E-state index contributed by atoms with van der Waals surface area (Å²) < 4.78 is 78.0. The molecule has 238 valence electrons. The molecule has 3 fully saturated rings. The Morgan fingerprint density at radius 1 is 0.889 bits per heavy atom. The van der Waals surface area contributed by atoms with E-state index < -0.39 is 98.2 Å². The molecule has 0 aromatic heterocycles. The fourth-order valence-corrected chi connectivity index (χ4v) is 8.17. The second-order valence-electron chi connectivity index (χ2n) is 11.3. The van der Waals surface area contributed by atoms with E-state index in [1.165, 1.54) is 24.3 Å². The lowest BCUT2D eigenvalue weighted by Gasteiger charge is -2.50. The van der Waals surface area contributed by atoms with Crippen LogP contribution in [0.2, 0.25) is 0 Å². The van der Waals surface area contributed by atoms with Gasteiger partial charge in [-0.1, -0.05) is 23.8 Å². The van der Waals surface area contributed by atoms with Gasteiger partial charge >= 0.3 is 0 Å². The molecule has 2 aliphatic heterocycles. The molecule has 2 heterocycles. The number of benzene rings is 2. The van der Waals surface area contributed by atoms with Crippen molar-refractivity contribution in [2.24, 2.45) is 17.8 Å². The second-order valence-corrected chi connectivity index (χ2v) is 12.5. The first-order valence-corrected chi connectivity index (χ1v) is 14.7. The number of likely N-dealkylation sites (tertiary alicyclic amines) is 1. The van der Waals surface area contributed by atoms with Crippen molar-refractivity contribution in [3.63, 3.8) is 0 Å². The molecule has 1 saturated carbocycles. The molecule has 4 aliphatic rings. The molecule has 2 aliphatic carbocycles. The van der Waals surface area contributed by atoms with Gasteiger partial charge < -0.3 is 9.84 Å². The number of ether oxygens (including phenoxy) is 1. The van der Waals surface area contributed by atoms with Crippen LogP contribution < -0.4 is 9.64 Å². The summed E-state index contributed by atoms with van der Waals surface area (Å²) in [5.41, 5.74) is -1.24. The molecular weight excluding hydrogens is 650 g/mol. The van der Waals surface area contributed by atoms with Crippen LogP contribution in [-0.4, -0.2) is 63.1 Å². The van der Waals surface area contributed by atoms with Crippen molar-refractivity contribution in [3.05, 3.63) is 70.6 Å². The van der Waals surface area contributed by atoms with Gasteiger partial charge in [0.15, 0.2) is 33.0 Å². The number of nitrogens with zero attached hydrogens (tertiary/aromatic N) is 2. The Morgan fingerprint density at radius 3 is 2.07 bits per heavy atom. The Labute approximate surface area is 262 Å². The number of anilines is 1. The van der Waals surface area contributed by atoms with E-state index in [2.05, 4.69) is 0 Å². The third-order valence-electron chi connectivity index (χ3n) is 9.20. The molecular formula is C30H23Cl2F5N2O6. The standard InChI is InChI=1S/C30H23Cl2F5N2O6/c1-2-38-25(41)15-8-7-14-16(17(15)26(38)42)11-29(31)27(43)39(24-22(36)20(34)19(33)21(35)23(24)37)28(44)30(29,32)18(14)12-3-5-13(6-4-12)45-10-9-40/h3-7,15-18,40H,2,8-11H2,1H3. The summed E-state index contributed by atoms with van der Waals surface area (Å²) in [6, 6.07) is 5.85. The zero-order valence-corrected chi connectivity index (χ0v) is 24.8. The molecule has 2 aromatic rings. The van der Waals surface area contributed by atoms with Crippen molar-refractivity contribution < 1.29 is 51.0 Å². The van der Waals surface area contributed by atoms with Crippen LogP contribution in [0.1, 0.15) is 31.2 Å². The molecule has 4 amide bonds. The van der Waals surface area contributed by atoms with Crippen molar-refractivity contribution in [1.82, 2.24) is 4.90 Å². The largest absolute Gasteiger partial charge is 0.491 e. The number of allylic oxidation sites excluding steroid dienone is 2. The molecule has 2 aromatic carbocycles. The Hall–Kier alpha value is -3.55. The number of amides is 4. The molecule has 15 heteroatoms. The second kappa shape index (κ2) is 10.8. The van der Waals surface area contributed by atoms with Gasteiger partial charge in [0.05, 0.1) is 18.4 Å². The van der Waals surface area contributed by atoms with Crippen molar-refractivity contribution in [1.29, 1.82) is 0 Å². The molecule has 6 rings (SSSR count). The Bertz CT molecular complexity index is 1680. The number of imide groups is 2. The van der Waals surface area contributed by atoms with E-state index >= 15 is 8.78 Å². The predicted molar refractivity (Wildman–Crippen MR) is 148 cm³/mol. The zero-order chi connectivity index (χ0) is 32.7. The van der Waals surface area contributed by atoms with Crippen LogP contribution in [0, 0.1) is 46.8 Å². The quantitative estimate of drug-likeness (QED) is 0.122. The predicted octanol–water partition coefficient (Wildman–Crippen LogP) is 4.34. The SMILES string of the molecule is CCN1C(=O)C2CC=C3C(CC4(Cl)C(=O)N(c5c(F)c(F)c(F)c(F)c5F)C(=O)C4(Cl)C3c3ccc(OCCO)cc3)C2C1=O. The van der Waals surface area contributed by atoms with E-state index in [9.17, 15) is 32.3 Å². The summed E-state index contributed by atoms with van der Waals surface area (Å²) in [6.07, 6.45) is 1.13. The fourth-order valence-electron chi connectivity index (χ4n) is 7.24. The first-order valence-electron chi connectivity index (χ1n) is 13.9. The van der Waals surface area contributed by atoms with Crippen molar-refractivity contribution >= 4 is 52.5 Å². The van der Waals surface area contributed by atoms with E-state index in [0.29, 0.717) is 11.3 Å². The van der Waals surface area contributed by atoms with Gasteiger partial charge in [0.25, 0.3) is 11.8 Å². The summed E-state index contributed by atoms with van der Waals surface area (Å²) in [6.45, 7) is 1.35. The number of hydrogen-bond acceptors (Lipinski definition) is 6. The minimum Gasteiger partial charge on any atom is -0.491 e. The van der Waals surface area contributed by atoms with Gasteiger partial charge in [-0.2, -0.15) is 0 Å². The number of carbonyl (C=O) groups excluding carboxylic acids is 4. The maximum Gasteiger partial charge on any atom is 0.258 e. The number of rotatable bonds is 6. The van der Waals surface area contributed by atoms with E-state index in [1.54, 1.807) is 13.0 Å². The van der Waals surface area contributed by atoms with Crippen molar-refractivity contribution in [3.8, 4) is 5.75 Å². The number of hydrogen-bond donors (Lipinski definition) is 1. The van der Waals surface area contributed by atoms with E-state index in [0.717, 1.165) is 4.90 Å². The molecule has 45 heavy (non-hydrogen) atoms. The van der Waals surface area contributed by atoms with E-state index in [1.807, 2.05) is 0 Å². The highest BCUT2D eigenvalue weighted by molar-refractivity contribution is 6.58. The summed E-state index contributed by atoms with van der Waals surface area (Å²) in [4.78, 5) is 50.6. The van der Waals surface area contributed by atoms with Gasteiger partial charge in [-0.05, 0) is 43.4 Å². The molecule has 8 nitrogen and oxygen atoms in total. The average Bonchev–Trinajstić information content (AvgIpc) is 3.36. The third-order valence-corrected chi connectivity index (χ3v) is 10.6. The van der Waals surface area contributed by atoms with Gasteiger partial charge in [0.1, 0.15) is 18.0 Å². The van der Waals surface area contributed by atoms with Gasteiger partial charge in [-0.25, -0.2) is 26.9 Å². The Balaban J connectivity index is 1.56. The minimum absolute atomic E-state index is 0.0444. The number of halogens is 7. The number of fused-ring (bicyclic) bond motifs is 4. The highest BCUT2D eigenvalue weighted by atomic mass is 35.5. The topological polar surface area (TPSA) is 104 Å². The van der Waals surface area contributed by atoms with Crippen LogP contribution >= 0.6 is 23.2 Å². The van der Waals surface area contributed by atoms with Crippen LogP contribution in [0.4, 0.5) is 27.6 Å². The average molecular weight is 673 g/mol. The molecule has 0 spiro atoms. The highest BCUT2D eigenvalue weighted by Gasteiger charge is 2.77. The first kappa shape index (κ1) is 31.4. The summed E-state index contributed by atoms with van der Waals surface area (Å²) in [7, 11) is 0.